The highest BCUT2D eigenvalue weighted by Crippen LogP contribution is 2.60. The fourth-order valence-corrected chi connectivity index (χ4v) is 4.86. The van der Waals surface area contributed by atoms with Crippen molar-refractivity contribution in [3.63, 3.8) is 0 Å². The van der Waals surface area contributed by atoms with Crippen molar-refractivity contribution in [1.82, 2.24) is 0 Å². The van der Waals surface area contributed by atoms with Crippen molar-refractivity contribution in [2.75, 3.05) is 19.8 Å². The van der Waals surface area contributed by atoms with Gasteiger partial charge in [0.1, 0.15) is 11.5 Å². The Morgan fingerprint density at radius 1 is 0.709 bits per heavy atom. The van der Waals surface area contributed by atoms with Crippen LogP contribution in [-0.4, -0.2) is 73.5 Å². The Morgan fingerprint density at radius 2 is 1.24 bits per heavy atom. The van der Waals surface area contributed by atoms with E-state index in [-0.39, 0.29) is 43.8 Å². The third-order valence-corrected chi connectivity index (χ3v) is 8.37. The number of halogens is 13. The van der Waals surface area contributed by atoms with E-state index < -0.39 is 78.1 Å². The van der Waals surface area contributed by atoms with Gasteiger partial charge in [-0.05, 0) is 80.6 Å². The molecule has 0 bridgehead atoms. The van der Waals surface area contributed by atoms with Crippen LogP contribution in [0.3, 0.4) is 0 Å². The number of benzene rings is 2. The van der Waals surface area contributed by atoms with Gasteiger partial charge in [-0.25, -0.2) is 4.79 Å². The number of carbonyl (C=O) groups is 3. The fourth-order valence-electron chi connectivity index (χ4n) is 4.86. The van der Waals surface area contributed by atoms with Crippen molar-refractivity contribution in [3.8, 4) is 17.6 Å². The predicted octanol–water partition coefficient (Wildman–Crippen LogP) is 8.96. The van der Waals surface area contributed by atoms with Gasteiger partial charge in [0.2, 0.25) is 0 Å². The molecule has 0 amide bonds. The topological polar surface area (TPSA) is 112 Å². The molecule has 0 heterocycles. The van der Waals surface area contributed by atoms with Gasteiger partial charge in [-0.1, -0.05) is 6.92 Å². The van der Waals surface area contributed by atoms with Crippen molar-refractivity contribution in [1.29, 1.82) is 5.26 Å². The molecule has 0 aliphatic heterocycles. The molecule has 8 nitrogen and oxygen atoms in total. The minimum atomic E-state index is -8.03. The zero-order valence-electron chi connectivity index (χ0n) is 28.3. The second-order valence-corrected chi connectivity index (χ2v) is 12.5. The number of esters is 3. The van der Waals surface area contributed by atoms with Crippen LogP contribution in [0.2, 0.25) is 0 Å². The lowest BCUT2D eigenvalue weighted by Crippen LogP contribution is -2.70. The molecule has 2 aromatic carbocycles. The molecular formula is C34H30F13NO7. The maximum absolute atomic E-state index is 14.0. The van der Waals surface area contributed by atoms with Crippen LogP contribution in [0.1, 0.15) is 61.4 Å². The van der Waals surface area contributed by atoms with E-state index in [9.17, 15) is 71.5 Å². The predicted molar refractivity (Wildman–Crippen MR) is 160 cm³/mol. The van der Waals surface area contributed by atoms with Gasteiger partial charge < -0.3 is 18.9 Å². The average molecular weight is 812 g/mol. The average Bonchev–Trinajstić information content (AvgIpc) is 3.89. The van der Waals surface area contributed by atoms with E-state index >= 15 is 0 Å². The van der Waals surface area contributed by atoms with Gasteiger partial charge >= 0.3 is 53.7 Å². The molecule has 1 atom stereocenters. The summed E-state index contributed by atoms with van der Waals surface area (Å²) in [7, 11) is 0. The number of hydrogen-bond acceptors (Lipinski definition) is 8. The minimum Gasteiger partial charge on any atom is -0.494 e. The van der Waals surface area contributed by atoms with Crippen molar-refractivity contribution < 1.29 is 90.4 Å². The van der Waals surface area contributed by atoms with Crippen LogP contribution in [0.15, 0.2) is 48.5 Å². The summed E-state index contributed by atoms with van der Waals surface area (Å²) in [6.45, 7) is -0.484. The molecule has 1 aliphatic rings. The second-order valence-electron chi connectivity index (χ2n) is 12.5. The van der Waals surface area contributed by atoms with Crippen LogP contribution in [0.4, 0.5) is 57.1 Å². The zero-order valence-corrected chi connectivity index (χ0v) is 28.3. The number of alkyl halides is 13. The number of hydrogen-bond donors (Lipinski definition) is 0. The highest BCUT2D eigenvalue weighted by atomic mass is 19.4. The lowest BCUT2D eigenvalue weighted by Gasteiger charge is -2.39. The fraction of sp³-hybridized carbons (Fsp3) is 0.529. The number of rotatable bonds is 19. The molecule has 55 heavy (non-hydrogen) atoms. The Morgan fingerprint density at radius 3 is 1.76 bits per heavy atom. The zero-order chi connectivity index (χ0) is 41.7. The van der Waals surface area contributed by atoms with Crippen LogP contribution >= 0.6 is 0 Å². The Bertz CT molecular complexity index is 1700. The molecule has 0 saturated heterocycles. The van der Waals surface area contributed by atoms with Crippen LogP contribution in [-0.2, 0) is 19.1 Å². The summed E-state index contributed by atoms with van der Waals surface area (Å²) in [5, 5.41) is 8.83. The first-order valence-corrected chi connectivity index (χ1v) is 16.0. The molecule has 0 spiro atoms. The van der Waals surface area contributed by atoms with E-state index in [1.165, 1.54) is 55.5 Å². The highest BCUT2D eigenvalue weighted by molar-refractivity contribution is 5.91. The largest absolute Gasteiger partial charge is 0.494 e. The van der Waals surface area contributed by atoms with Crippen molar-refractivity contribution in [2.45, 2.75) is 81.2 Å². The summed E-state index contributed by atoms with van der Waals surface area (Å²) < 4.78 is 193. The molecule has 0 radical (unpaired) electrons. The first-order valence-electron chi connectivity index (χ1n) is 16.0. The first kappa shape index (κ1) is 44.6. The van der Waals surface area contributed by atoms with E-state index in [1.807, 2.05) is 6.07 Å². The van der Waals surface area contributed by atoms with E-state index in [4.69, 9.17) is 19.5 Å². The second kappa shape index (κ2) is 16.5. The maximum Gasteiger partial charge on any atom is 0.460 e. The minimum absolute atomic E-state index is 0.0105. The summed E-state index contributed by atoms with van der Waals surface area (Å²) >= 11 is 0. The normalized spacial score (nSPS) is 15.4. The molecule has 1 aliphatic carbocycles. The monoisotopic (exact) mass is 811 g/mol. The van der Waals surface area contributed by atoms with Crippen molar-refractivity contribution in [2.24, 2.45) is 11.3 Å². The van der Waals surface area contributed by atoms with Gasteiger partial charge in [0, 0.05) is 0 Å². The smallest absolute Gasteiger partial charge is 0.460 e. The van der Waals surface area contributed by atoms with Gasteiger partial charge in [-0.3, -0.25) is 9.59 Å². The van der Waals surface area contributed by atoms with Crippen molar-refractivity contribution in [3.05, 3.63) is 59.7 Å². The van der Waals surface area contributed by atoms with Crippen LogP contribution in [0.25, 0.3) is 0 Å². The molecule has 1 fully saturated rings. The summed E-state index contributed by atoms with van der Waals surface area (Å²) in [6, 6.07) is 13.8. The van der Waals surface area contributed by atoms with E-state index in [1.54, 1.807) is 0 Å². The first-order chi connectivity index (χ1) is 25.3. The summed E-state index contributed by atoms with van der Waals surface area (Å²) in [5.41, 5.74) is -0.909. The standard InChI is InChI=1S/C34H30F13NO7/c1-20(25(49)53-16-3-2-15-52-23-10-6-22(7-11-23)26(50)55-24-8-4-21(19-48)5-9-24)18-28(12-13-28)27(51)54-17-14-29(35,36)30(37,38)31(39,40)32(41,42)33(43,44)34(45,46)47/h4-11,20H,2-3,12-18H2,1H3. The van der Waals surface area contributed by atoms with Gasteiger partial charge in [-0.2, -0.15) is 62.3 Å². The number of nitriles is 1. The molecule has 1 unspecified atom stereocenters. The quantitative estimate of drug-likeness (QED) is 0.0599. The number of unbranched alkanes of at least 4 members (excludes halogenated alkanes) is 1. The van der Waals surface area contributed by atoms with Gasteiger partial charge in [0.25, 0.3) is 0 Å². The lowest BCUT2D eigenvalue weighted by atomic mass is 9.92. The number of nitrogens with zero attached hydrogens (tertiary/aromatic N) is 1. The Kier molecular flexibility index (Phi) is 13.4. The van der Waals surface area contributed by atoms with E-state index in [0.29, 0.717) is 24.2 Å². The SMILES string of the molecule is CC(CC1(C(=O)OCCC(F)(F)C(F)(F)C(F)(F)C(F)(F)C(F)(F)C(F)(F)F)CC1)C(=O)OCCCCOc1ccc(C(=O)Oc2ccc(C#N)cc2)cc1. The Labute approximate surface area is 303 Å². The molecule has 1 saturated carbocycles. The third-order valence-electron chi connectivity index (χ3n) is 8.37. The Hall–Kier alpha value is -4.77. The molecule has 0 N–H and O–H groups in total. The maximum atomic E-state index is 14.0. The Balaban J connectivity index is 1.39. The van der Waals surface area contributed by atoms with Gasteiger partial charge in [-0.15, -0.1) is 0 Å². The van der Waals surface area contributed by atoms with Crippen LogP contribution in [0, 0.1) is 22.7 Å². The summed E-state index contributed by atoms with van der Waals surface area (Å²) in [5.74, 6) is -40.9. The summed E-state index contributed by atoms with van der Waals surface area (Å²) in [6.07, 6.45) is -9.84. The van der Waals surface area contributed by atoms with Gasteiger partial charge in [0.15, 0.2) is 0 Å². The molecular weight excluding hydrogens is 781 g/mol. The lowest BCUT2D eigenvalue weighted by molar-refractivity contribution is -0.440. The molecule has 304 valence electrons. The summed E-state index contributed by atoms with van der Waals surface area (Å²) in [4.78, 5) is 37.2. The molecule has 2 aromatic rings. The van der Waals surface area contributed by atoms with Crippen LogP contribution in [0.5, 0.6) is 11.5 Å². The number of carbonyl (C=O) groups excluding carboxylic acids is 3. The van der Waals surface area contributed by atoms with Crippen LogP contribution < -0.4 is 9.47 Å². The third kappa shape index (κ3) is 9.73. The van der Waals surface area contributed by atoms with E-state index in [0.717, 1.165) is 0 Å². The molecule has 3 rings (SSSR count). The molecule has 21 heteroatoms. The van der Waals surface area contributed by atoms with E-state index in [2.05, 4.69) is 4.74 Å². The highest BCUT2D eigenvalue weighted by Gasteiger charge is 2.90. The molecule has 0 aromatic heterocycles. The number of ether oxygens (including phenoxy) is 4. The van der Waals surface area contributed by atoms with Crippen molar-refractivity contribution >= 4 is 17.9 Å². The van der Waals surface area contributed by atoms with Gasteiger partial charge in [0.05, 0.1) is 54.8 Å².